The van der Waals surface area contributed by atoms with Gasteiger partial charge in [0.25, 0.3) is 0 Å². The first-order chi connectivity index (χ1) is 15.1. The van der Waals surface area contributed by atoms with Gasteiger partial charge in [-0.05, 0) is 38.5 Å². The van der Waals surface area contributed by atoms with Crippen LogP contribution in [-0.2, 0) is 22.6 Å². The summed E-state index contributed by atoms with van der Waals surface area (Å²) in [6.07, 6.45) is 1.75. The summed E-state index contributed by atoms with van der Waals surface area (Å²) in [6.45, 7) is 9.11. The van der Waals surface area contributed by atoms with Gasteiger partial charge in [0.2, 0.25) is 5.95 Å². The van der Waals surface area contributed by atoms with E-state index >= 15 is 0 Å². The van der Waals surface area contributed by atoms with Crippen molar-refractivity contribution in [1.82, 2.24) is 24.7 Å². The highest BCUT2D eigenvalue weighted by Gasteiger charge is 2.21. The molecule has 0 bridgehead atoms. The molecule has 3 rings (SSSR count). The maximum absolute atomic E-state index is 9.47. The molecule has 10 heteroatoms. The Morgan fingerprint density at radius 1 is 1.26 bits per heavy atom. The van der Waals surface area contributed by atoms with Crippen LogP contribution in [0.15, 0.2) is 18.3 Å². The van der Waals surface area contributed by atoms with Crippen molar-refractivity contribution in [2.45, 2.75) is 33.9 Å². The van der Waals surface area contributed by atoms with Crippen LogP contribution in [0.1, 0.15) is 25.1 Å². The smallest absolute Gasteiger partial charge is 0.228 e. The second-order valence-corrected chi connectivity index (χ2v) is 7.02. The summed E-state index contributed by atoms with van der Waals surface area (Å²) >= 11 is 0. The standard InChI is InChI=1S/C21H31N7O3/c1-5-27(9-11-29)21-24-18-16(14-30-4)26-28(10-12-31-6-2)19(18)20(25-21)23-17-13-15(3)7-8-22-17/h7-8,13,29H,5-6,9-12,14H2,1-4H3,(H,22,23,24,25). The Kier molecular flexibility index (Phi) is 8.10. The average molecular weight is 430 g/mol. The number of methoxy groups -OCH3 is 1. The topological polar surface area (TPSA) is 110 Å². The van der Waals surface area contributed by atoms with Crippen molar-refractivity contribution in [2.75, 3.05) is 50.2 Å². The highest BCUT2D eigenvalue weighted by Crippen LogP contribution is 2.29. The number of aliphatic hydroxyl groups is 1. The van der Waals surface area contributed by atoms with E-state index in [2.05, 4.69) is 10.3 Å². The number of aromatic nitrogens is 5. The van der Waals surface area contributed by atoms with Gasteiger partial charge in [-0.25, -0.2) is 9.97 Å². The van der Waals surface area contributed by atoms with Crippen LogP contribution in [0.2, 0.25) is 0 Å². The molecule has 0 radical (unpaired) electrons. The summed E-state index contributed by atoms with van der Waals surface area (Å²) in [5.41, 5.74) is 3.27. The molecular formula is C21H31N7O3. The highest BCUT2D eigenvalue weighted by atomic mass is 16.5. The number of fused-ring (bicyclic) bond motifs is 1. The Morgan fingerprint density at radius 3 is 2.77 bits per heavy atom. The first kappa shape index (κ1) is 22.9. The number of nitrogens with one attached hydrogen (secondary N) is 1. The van der Waals surface area contributed by atoms with E-state index in [1.165, 1.54) is 0 Å². The van der Waals surface area contributed by atoms with Crippen molar-refractivity contribution in [3.63, 3.8) is 0 Å². The van der Waals surface area contributed by atoms with Crippen LogP contribution in [0.5, 0.6) is 0 Å². The highest BCUT2D eigenvalue weighted by molar-refractivity contribution is 5.90. The lowest BCUT2D eigenvalue weighted by Gasteiger charge is -2.21. The number of anilines is 3. The van der Waals surface area contributed by atoms with E-state index in [0.717, 1.165) is 16.8 Å². The molecule has 0 aliphatic heterocycles. The average Bonchev–Trinajstić information content (AvgIpc) is 3.10. The number of nitrogens with zero attached hydrogens (tertiary/aromatic N) is 6. The number of ether oxygens (including phenoxy) is 2. The van der Waals surface area contributed by atoms with E-state index in [0.29, 0.717) is 62.6 Å². The Hall–Kier alpha value is -2.82. The molecule has 0 aromatic carbocycles. The molecule has 0 saturated carbocycles. The van der Waals surface area contributed by atoms with Crippen LogP contribution in [0.3, 0.4) is 0 Å². The van der Waals surface area contributed by atoms with E-state index in [4.69, 9.17) is 24.5 Å². The molecule has 0 aliphatic carbocycles. The van der Waals surface area contributed by atoms with Crippen molar-refractivity contribution in [2.24, 2.45) is 0 Å². The predicted molar refractivity (Wildman–Crippen MR) is 120 cm³/mol. The normalized spacial score (nSPS) is 11.3. The third-order valence-corrected chi connectivity index (χ3v) is 4.77. The minimum Gasteiger partial charge on any atom is -0.395 e. The van der Waals surface area contributed by atoms with Crippen molar-refractivity contribution in [1.29, 1.82) is 0 Å². The van der Waals surface area contributed by atoms with Gasteiger partial charge >= 0.3 is 0 Å². The van der Waals surface area contributed by atoms with Gasteiger partial charge in [-0.3, -0.25) is 4.68 Å². The zero-order valence-electron chi connectivity index (χ0n) is 18.6. The molecular weight excluding hydrogens is 398 g/mol. The van der Waals surface area contributed by atoms with Gasteiger partial charge in [-0.1, -0.05) is 0 Å². The van der Waals surface area contributed by atoms with Crippen LogP contribution < -0.4 is 10.2 Å². The summed E-state index contributed by atoms with van der Waals surface area (Å²) in [6, 6.07) is 3.89. The first-order valence-corrected chi connectivity index (χ1v) is 10.5. The number of rotatable bonds is 12. The zero-order valence-corrected chi connectivity index (χ0v) is 18.6. The maximum Gasteiger partial charge on any atom is 0.228 e. The van der Waals surface area contributed by atoms with E-state index in [1.807, 2.05) is 42.5 Å². The Balaban J connectivity index is 2.16. The molecule has 0 fully saturated rings. The quantitative estimate of drug-likeness (QED) is 0.419. The fourth-order valence-corrected chi connectivity index (χ4v) is 3.30. The molecule has 3 aromatic rings. The second-order valence-electron chi connectivity index (χ2n) is 7.02. The van der Waals surface area contributed by atoms with Gasteiger partial charge in [-0.15, -0.1) is 0 Å². The summed E-state index contributed by atoms with van der Waals surface area (Å²) in [5.74, 6) is 1.80. The Bertz CT molecular complexity index is 993. The number of hydrogen-bond acceptors (Lipinski definition) is 9. The molecule has 31 heavy (non-hydrogen) atoms. The lowest BCUT2D eigenvalue weighted by Crippen LogP contribution is -2.28. The largest absolute Gasteiger partial charge is 0.395 e. The van der Waals surface area contributed by atoms with Crippen molar-refractivity contribution >= 4 is 28.6 Å². The summed E-state index contributed by atoms with van der Waals surface area (Å²) in [5, 5.41) is 17.5. The second kappa shape index (κ2) is 11.0. The lowest BCUT2D eigenvalue weighted by atomic mass is 10.3. The van der Waals surface area contributed by atoms with Crippen LogP contribution >= 0.6 is 0 Å². The third-order valence-electron chi connectivity index (χ3n) is 4.77. The minimum atomic E-state index is 0.00990. The molecule has 0 amide bonds. The van der Waals surface area contributed by atoms with Gasteiger partial charge in [0.15, 0.2) is 5.82 Å². The van der Waals surface area contributed by atoms with Crippen LogP contribution in [-0.4, -0.2) is 69.9 Å². The van der Waals surface area contributed by atoms with Crippen LogP contribution in [0, 0.1) is 6.92 Å². The van der Waals surface area contributed by atoms with E-state index in [1.54, 1.807) is 13.3 Å². The summed E-state index contributed by atoms with van der Waals surface area (Å²) in [4.78, 5) is 15.9. The van der Waals surface area contributed by atoms with Crippen LogP contribution in [0.25, 0.3) is 11.0 Å². The first-order valence-electron chi connectivity index (χ1n) is 10.5. The fraction of sp³-hybridized carbons (Fsp3) is 0.524. The molecule has 0 spiro atoms. The number of pyridine rings is 1. The van der Waals surface area contributed by atoms with E-state index in [-0.39, 0.29) is 6.61 Å². The molecule has 168 valence electrons. The van der Waals surface area contributed by atoms with Crippen molar-refractivity contribution in [3.05, 3.63) is 29.6 Å². The molecule has 0 saturated heterocycles. The SMILES string of the molecule is CCOCCn1nc(COC)c2nc(N(CC)CCO)nc(Nc3cc(C)ccn3)c21. The summed E-state index contributed by atoms with van der Waals surface area (Å²) in [7, 11) is 1.63. The molecule has 0 unspecified atom stereocenters. The molecule has 0 atom stereocenters. The minimum absolute atomic E-state index is 0.00990. The van der Waals surface area contributed by atoms with Gasteiger partial charge in [-0.2, -0.15) is 10.1 Å². The van der Waals surface area contributed by atoms with Gasteiger partial charge < -0.3 is 24.8 Å². The predicted octanol–water partition coefficient (Wildman–Crippen LogP) is 2.27. The molecule has 10 nitrogen and oxygen atoms in total. The van der Waals surface area contributed by atoms with Gasteiger partial charge in [0.05, 0.1) is 26.4 Å². The van der Waals surface area contributed by atoms with Crippen molar-refractivity contribution in [3.8, 4) is 0 Å². The fourth-order valence-electron chi connectivity index (χ4n) is 3.30. The maximum atomic E-state index is 9.47. The molecule has 2 N–H and O–H groups in total. The number of likely N-dealkylation sites (N-methyl/N-ethyl adjacent to an activating group) is 1. The number of hydrogen-bond donors (Lipinski definition) is 2. The van der Waals surface area contributed by atoms with Gasteiger partial charge in [0.1, 0.15) is 22.5 Å². The Morgan fingerprint density at radius 2 is 2.10 bits per heavy atom. The van der Waals surface area contributed by atoms with Crippen molar-refractivity contribution < 1.29 is 14.6 Å². The summed E-state index contributed by atoms with van der Waals surface area (Å²) < 4.78 is 12.8. The monoisotopic (exact) mass is 429 g/mol. The Labute approximate surface area is 182 Å². The number of aliphatic hydroxyl groups excluding tert-OH is 1. The van der Waals surface area contributed by atoms with E-state index < -0.39 is 0 Å². The van der Waals surface area contributed by atoms with Crippen LogP contribution in [0.4, 0.5) is 17.6 Å². The van der Waals surface area contributed by atoms with E-state index in [9.17, 15) is 5.11 Å². The molecule has 0 aliphatic rings. The third kappa shape index (κ3) is 5.46. The number of aryl methyl sites for hydroxylation is 1. The van der Waals surface area contributed by atoms with Gasteiger partial charge in [0, 0.05) is 33.0 Å². The molecule has 3 heterocycles. The molecule has 3 aromatic heterocycles. The lowest BCUT2D eigenvalue weighted by molar-refractivity contribution is 0.136. The zero-order chi connectivity index (χ0) is 22.2.